The minimum atomic E-state index is -0.437. The lowest BCUT2D eigenvalue weighted by molar-refractivity contribution is 0.544. The fourth-order valence-corrected chi connectivity index (χ4v) is 3.71. The van der Waals surface area contributed by atoms with Crippen LogP contribution < -0.4 is 16.8 Å². The van der Waals surface area contributed by atoms with Crippen molar-refractivity contribution in [1.29, 1.82) is 0 Å². The predicted molar refractivity (Wildman–Crippen MR) is 88.8 cm³/mol. The van der Waals surface area contributed by atoms with Gasteiger partial charge in [0, 0.05) is 26.2 Å². The monoisotopic (exact) mass is 391 g/mol. The third kappa shape index (κ3) is 6.94. The fourth-order valence-electron chi connectivity index (χ4n) is 1.38. The zero-order chi connectivity index (χ0) is 15.0. The maximum atomic E-state index is 5.88. The Labute approximate surface area is 144 Å². The Bertz CT molecular complexity index is 173. The molecule has 0 amide bonds. The van der Waals surface area contributed by atoms with E-state index in [-0.39, 0.29) is 0 Å². The summed E-state index contributed by atoms with van der Waals surface area (Å²) in [5.74, 6) is 0. The van der Waals surface area contributed by atoms with E-state index in [1.54, 1.807) is 0 Å². The Morgan fingerprint density at radius 1 is 0.579 bits per heavy atom. The molecule has 5 N–H and O–H groups in total. The molecule has 116 valence electrons. The summed E-state index contributed by atoms with van der Waals surface area (Å²) in [4.78, 5) is 0. The molecule has 0 radical (unpaired) electrons. The maximum Gasteiger partial charge on any atom is 0.0693 e. The van der Waals surface area contributed by atoms with Crippen molar-refractivity contribution in [3.8, 4) is 0 Å². The van der Waals surface area contributed by atoms with Gasteiger partial charge in [0.1, 0.15) is 0 Å². The predicted octanol–water partition coefficient (Wildman–Crippen LogP) is 2.14. The molecule has 0 atom stereocenters. The first-order chi connectivity index (χ1) is 8.88. The Morgan fingerprint density at radius 2 is 0.789 bits per heavy atom. The van der Waals surface area contributed by atoms with E-state index < -0.39 is 32.3 Å². The SMILES string of the molecule is ClC1C(Cl)C(Cl)C(Cl)C(Cl)C1Cl.NCCNCCN. The van der Waals surface area contributed by atoms with Crippen LogP contribution in [0.15, 0.2) is 0 Å². The van der Waals surface area contributed by atoms with E-state index in [4.69, 9.17) is 81.1 Å². The van der Waals surface area contributed by atoms with Crippen LogP contribution in [0.4, 0.5) is 0 Å². The summed E-state index contributed by atoms with van der Waals surface area (Å²) in [6.07, 6.45) is 0. The summed E-state index contributed by atoms with van der Waals surface area (Å²) in [5.41, 5.74) is 10.3. The van der Waals surface area contributed by atoms with Crippen molar-refractivity contribution in [2.45, 2.75) is 32.3 Å². The van der Waals surface area contributed by atoms with Crippen molar-refractivity contribution in [3.63, 3.8) is 0 Å². The fraction of sp³-hybridized carbons (Fsp3) is 1.00. The minimum Gasteiger partial charge on any atom is -0.329 e. The van der Waals surface area contributed by atoms with Crippen LogP contribution in [-0.2, 0) is 0 Å². The van der Waals surface area contributed by atoms with E-state index in [9.17, 15) is 0 Å². The molecule has 3 nitrogen and oxygen atoms in total. The van der Waals surface area contributed by atoms with E-state index in [0.717, 1.165) is 13.1 Å². The summed E-state index contributed by atoms with van der Waals surface area (Å²) < 4.78 is 0. The van der Waals surface area contributed by atoms with Gasteiger partial charge in [-0.1, -0.05) is 0 Å². The lowest BCUT2D eigenvalue weighted by Gasteiger charge is -2.37. The first kappa shape index (κ1) is 20.6. The van der Waals surface area contributed by atoms with Crippen LogP contribution in [0.3, 0.4) is 0 Å². The largest absolute Gasteiger partial charge is 0.329 e. The van der Waals surface area contributed by atoms with E-state index in [2.05, 4.69) is 5.32 Å². The summed E-state index contributed by atoms with van der Waals surface area (Å²) in [6, 6.07) is 0. The highest BCUT2D eigenvalue weighted by Gasteiger charge is 2.46. The smallest absolute Gasteiger partial charge is 0.0693 e. The van der Waals surface area contributed by atoms with Gasteiger partial charge in [-0.25, -0.2) is 0 Å². The molecule has 1 saturated carbocycles. The third-order valence-corrected chi connectivity index (χ3v) is 6.50. The highest BCUT2D eigenvalue weighted by molar-refractivity contribution is 6.45. The first-order valence-electron chi connectivity index (χ1n) is 5.83. The lowest BCUT2D eigenvalue weighted by atomic mass is 9.97. The van der Waals surface area contributed by atoms with Gasteiger partial charge in [-0.3, -0.25) is 0 Å². The van der Waals surface area contributed by atoms with Crippen LogP contribution in [0.25, 0.3) is 0 Å². The average Bonchev–Trinajstić information content (AvgIpc) is 2.42. The number of hydrogen-bond acceptors (Lipinski definition) is 3. The van der Waals surface area contributed by atoms with Gasteiger partial charge in [0.15, 0.2) is 0 Å². The molecule has 1 aliphatic rings. The molecule has 0 aromatic carbocycles. The molecule has 0 unspecified atom stereocenters. The van der Waals surface area contributed by atoms with Crippen LogP contribution in [0.1, 0.15) is 0 Å². The van der Waals surface area contributed by atoms with Crippen molar-refractivity contribution < 1.29 is 0 Å². The van der Waals surface area contributed by atoms with Gasteiger partial charge in [-0.2, -0.15) is 0 Å². The Hall–Kier alpha value is 1.62. The highest BCUT2D eigenvalue weighted by atomic mass is 35.5. The molecule has 0 aromatic heterocycles. The number of halogens is 6. The lowest BCUT2D eigenvalue weighted by Crippen LogP contribution is -2.52. The molecule has 0 aromatic rings. The van der Waals surface area contributed by atoms with E-state index >= 15 is 0 Å². The minimum absolute atomic E-state index is 0.437. The van der Waals surface area contributed by atoms with E-state index in [0.29, 0.717) is 13.1 Å². The highest BCUT2D eigenvalue weighted by Crippen LogP contribution is 2.39. The summed E-state index contributed by atoms with van der Waals surface area (Å²) in [6.45, 7) is 3.13. The molecule has 0 heterocycles. The number of rotatable bonds is 4. The average molecular weight is 394 g/mol. The van der Waals surface area contributed by atoms with Gasteiger partial charge in [0.05, 0.1) is 32.3 Å². The second kappa shape index (κ2) is 11.2. The molecule has 1 rings (SSSR count). The molecule has 9 heteroatoms. The standard InChI is InChI=1S/C6H6Cl6.C4H13N3/c7-1-2(8)4(10)6(12)5(11)3(1)9;5-1-3-7-4-2-6/h1-6H;7H,1-6H2. The zero-order valence-electron chi connectivity index (χ0n) is 10.2. The van der Waals surface area contributed by atoms with Crippen molar-refractivity contribution in [1.82, 2.24) is 5.32 Å². The van der Waals surface area contributed by atoms with Crippen LogP contribution in [0.2, 0.25) is 0 Å². The van der Waals surface area contributed by atoms with Crippen LogP contribution in [-0.4, -0.2) is 58.4 Å². The van der Waals surface area contributed by atoms with Crippen molar-refractivity contribution >= 4 is 69.6 Å². The van der Waals surface area contributed by atoms with Crippen molar-refractivity contribution in [2.75, 3.05) is 26.2 Å². The van der Waals surface area contributed by atoms with Crippen LogP contribution >= 0.6 is 69.6 Å². The Kier molecular flexibility index (Phi) is 12.2. The Balaban J connectivity index is 0.000000399. The zero-order valence-corrected chi connectivity index (χ0v) is 14.8. The van der Waals surface area contributed by atoms with Gasteiger partial charge < -0.3 is 16.8 Å². The molecule has 0 saturated heterocycles. The second-order valence-electron chi connectivity index (χ2n) is 3.99. The van der Waals surface area contributed by atoms with Gasteiger partial charge in [-0.15, -0.1) is 69.6 Å². The maximum absolute atomic E-state index is 5.88. The topological polar surface area (TPSA) is 64.1 Å². The van der Waals surface area contributed by atoms with Gasteiger partial charge >= 0.3 is 0 Å². The molecular formula is C10H19Cl6N3. The number of nitrogens with one attached hydrogen (secondary N) is 1. The van der Waals surface area contributed by atoms with Gasteiger partial charge in [-0.05, 0) is 0 Å². The van der Waals surface area contributed by atoms with E-state index in [1.807, 2.05) is 0 Å². The first-order valence-corrected chi connectivity index (χ1v) is 8.45. The molecule has 0 spiro atoms. The summed E-state index contributed by atoms with van der Waals surface area (Å²) in [7, 11) is 0. The van der Waals surface area contributed by atoms with Crippen LogP contribution in [0, 0.1) is 0 Å². The molecule has 0 bridgehead atoms. The number of nitrogens with two attached hydrogens (primary N) is 2. The van der Waals surface area contributed by atoms with Crippen molar-refractivity contribution in [3.05, 3.63) is 0 Å². The second-order valence-corrected chi connectivity index (χ2v) is 7.02. The molecule has 1 aliphatic carbocycles. The summed E-state index contributed by atoms with van der Waals surface area (Å²) in [5, 5.41) is 0.414. The molecule has 1 fully saturated rings. The summed E-state index contributed by atoms with van der Waals surface area (Å²) >= 11 is 35.3. The molecular weight excluding hydrogens is 375 g/mol. The third-order valence-electron chi connectivity index (χ3n) is 2.47. The number of hydrogen-bond donors (Lipinski definition) is 3. The molecule has 19 heavy (non-hydrogen) atoms. The normalized spacial score (nSPS) is 38.5. The van der Waals surface area contributed by atoms with Crippen molar-refractivity contribution in [2.24, 2.45) is 11.5 Å². The number of alkyl halides is 6. The quantitative estimate of drug-likeness (QED) is 0.506. The van der Waals surface area contributed by atoms with E-state index in [1.165, 1.54) is 0 Å². The Morgan fingerprint density at radius 3 is 0.947 bits per heavy atom. The van der Waals surface area contributed by atoms with Crippen LogP contribution in [0.5, 0.6) is 0 Å². The van der Waals surface area contributed by atoms with Gasteiger partial charge in [0.2, 0.25) is 0 Å². The molecule has 0 aliphatic heterocycles. The van der Waals surface area contributed by atoms with Gasteiger partial charge in [0.25, 0.3) is 0 Å².